The summed E-state index contributed by atoms with van der Waals surface area (Å²) in [5.74, 6) is 0.686. The summed E-state index contributed by atoms with van der Waals surface area (Å²) in [5, 5.41) is 21.8. The number of hydrogen-bond donors (Lipinski definition) is 1. The van der Waals surface area contributed by atoms with E-state index in [4.69, 9.17) is 22.1 Å². The van der Waals surface area contributed by atoms with Crippen LogP contribution in [0.15, 0.2) is 18.2 Å². The van der Waals surface area contributed by atoms with Crippen LogP contribution in [-0.4, -0.2) is 55.2 Å². The van der Waals surface area contributed by atoms with E-state index in [1.807, 2.05) is 12.1 Å². The number of nitrogens with zero attached hydrogens (tertiary/aromatic N) is 4. The minimum absolute atomic E-state index is 0.0151. The van der Waals surface area contributed by atoms with Crippen LogP contribution in [0.3, 0.4) is 0 Å². The molecule has 6 nitrogen and oxygen atoms in total. The molecule has 4 unspecified atom stereocenters. The number of benzene rings is 1. The van der Waals surface area contributed by atoms with Gasteiger partial charge in [0.25, 0.3) is 0 Å². The third-order valence-electron chi connectivity index (χ3n) is 5.82. The Bertz CT molecular complexity index is 837. The molecule has 8 heteroatoms. The van der Waals surface area contributed by atoms with Crippen molar-refractivity contribution in [2.75, 3.05) is 31.1 Å². The van der Waals surface area contributed by atoms with E-state index in [2.05, 4.69) is 16.3 Å². The second kappa shape index (κ2) is 6.99. The summed E-state index contributed by atoms with van der Waals surface area (Å²) in [6, 6.07) is 9.02. The molecule has 1 aliphatic carbocycles. The number of alkyl halides is 1. The maximum Gasteiger partial charge on any atom is 0.237 e. The van der Waals surface area contributed by atoms with Gasteiger partial charge in [0.15, 0.2) is 0 Å². The van der Waals surface area contributed by atoms with Gasteiger partial charge in [-0.25, -0.2) is 4.39 Å². The van der Waals surface area contributed by atoms with Crippen LogP contribution in [0.25, 0.3) is 0 Å². The topological polar surface area (TPSA) is 83.2 Å². The zero-order valence-electron chi connectivity index (χ0n) is 14.6. The third-order valence-corrected chi connectivity index (χ3v) is 6.12. The molecule has 3 fully saturated rings. The predicted molar refractivity (Wildman–Crippen MR) is 97.8 cm³/mol. The quantitative estimate of drug-likeness (QED) is 0.850. The Kier molecular flexibility index (Phi) is 4.67. The Balaban J connectivity index is 1.28. The molecule has 0 aromatic heterocycles. The van der Waals surface area contributed by atoms with Gasteiger partial charge in [0.1, 0.15) is 12.2 Å². The van der Waals surface area contributed by atoms with E-state index in [1.54, 1.807) is 12.1 Å². The second-order valence-corrected chi connectivity index (χ2v) is 7.85. The molecule has 27 heavy (non-hydrogen) atoms. The summed E-state index contributed by atoms with van der Waals surface area (Å²) in [6.07, 6.45) is -0.998. The highest BCUT2D eigenvalue weighted by Crippen LogP contribution is 2.47. The van der Waals surface area contributed by atoms with E-state index in [0.29, 0.717) is 22.4 Å². The molecule has 1 aromatic carbocycles. The smallest absolute Gasteiger partial charge is 0.237 e. The monoisotopic (exact) mass is 387 g/mol. The van der Waals surface area contributed by atoms with E-state index < -0.39 is 12.2 Å². The number of carbonyl (C=O) groups excluding carboxylic acids is 1. The summed E-state index contributed by atoms with van der Waals surface area (Å²) in [5.41, 5.74) is 1.47. The number of likely N-dealkylation sites (tertiary alicyclic amines) is 1. The van der Waals surface area contributed by atoms with Gasteiger partial charge in [-0.15, -0.1) is 0 Å². The lowest BCUT2D eigenvalue weighted by Crippen LogP contribution is -2.43. The number of hydrogen-bond acceptors (Lipinski definition) is 5. The average Bonchev–Trinajstić information content (AvgIpc) is 2.99. The number of nitrogens with one attached hydrogen (secondary N) is 1. The van der Waals surface area contributed by atoms with Gasteiger partial charge < -0.3 is 15.1 Å². The molecule has 1 N–H and O–H groups in total. The van der Waals surface area contributed by atoms with Gasteiger partial charge in [-0.1, -0.05) is 11.6 Å². The molecule has 2 heterocycles. The lowest BCUT2D eigenvalue weighted by Gasteiger charge is -2.24. The van der Waals surface area contributed by atoms with E-state index in [-0.39, 0.29) is 31.5 Å². The molecule has 0 bridgehead atoms. The number of fused-ring (bicyclic) bond motifs is 1. The van der Waals surface area contributed by atoms with Crippen molar-refractivity contribution in [1.82, 2.24) is 10.2 Å². The van der Waals surface area contributed by atoms with E-state index >= 15 is 0 Å². The van der Waals surface area contributed by atoms with Crippen molar-refractivity contribution in [3.63, 3.8) is 0 Å². The number of halogens is 2. The van der Waals surface area contributed by atoms with Crippen LogP contribution in [0.2, 0.25) is 5.02 Å². The average molecular weight is 388 g/mol. The first-order valence-electron chi connectivity index (χ1n) is 9.03. The predicted octanol–water partition coefficient (Wildman–Crippen LogP) is 1.70. The second-order valence-electron chi connectivity index (χ2n) is 7.44. The number of carbonyl (C=O) groups is 1. The first-order chi connectivity index (χ1) is 13.0. The van der Waals surface area contributed by atoms with Crippen molar-refractivity contribution >= 4 is 23.2 Å². The summed E-state index contributed by atoms with van der Waals surface area (Å²) in [7, 11) is 0. The molecular formula is C19H19ClFN5O. The Labute approximate surface area is 162 Å². The van der Waals surface area contributed by atoms with Crippen LogP contribution >= 0.6 is 11.6 Å². The van der Waals surface area contributed by atoms with Crippen LogP contribution in [0.4, 0.5) is 10.1 Å². The number of rotatable bonds is 4. The lowest BCUT2D eigenvalue weighted by atomic mass is 10.2. The molecule has 4 atom stereocenters. The van der Waals surface area contributed by atoms with Gasteiger partial charge in [-0.2, -0.15) is 10.5 Å². The van der Waals surface area contributed by atoms with Crippen molar-refractivity contribution in [3.05, 3.63) is 28.8 Å². The summed E-state index contributed by atoms with van der Waals surface area (Å²) in [6.45, 7) is 1.85. The highest BCUT2D eigenvalue weighted by atomic mass is 35.5. The minimum atomic E-state index is -1.11. The summed E-state index contributed by atoms with van der Waals surface area (Å²) >= 11 is 6.29. The Morgan fingerprint density at radius 1 is 1.30 bits per heavy atom. The highest BCUT2D eigenvalue weighted by Gasteiger charge is 2.56. The SMILES string of the molecule is N#Cc1ccc(N2CC3C(C2)C3NCC(=O)N2CC(F)CC2C#N)c(Cl)c1. The van der Waals surface area contributed by atoms with E-state index in [0.717, 1.165) is 18.8 Å². The molecule has 1 aromatic rings. The fourth-order valence-corrected chi connectivity index (χ4v) is 4.65. The normalized spacial score (nSPS) is 31.3. The van der Waals surface area contributed by atoms with Crippen LogP contribution in [0.1, 0.15) is 12.0 Å². The molecule has 2 aliphatic heterocycles. The maximum absolute atomic E-state index is 13.5. The van der Waals surface area contributed by atoms with E-state index in [9.17, 15) is 9.18 Å². The molecule has 1 saturated carbocycles. The summed E-state index contributed by atoms with van der Waals surface area (Å²) in [4.78, 5) is 15.8. The fourth-order valence-electron chi connectivity index (χ4n) is 4.35. The highest BCUT2D eigenvalue weighted by molar-refractivity contribution is 6.33. The number of anilines is 1. The van der Waals surface area contributed by atoms with Crippen molar-refractivity contribution in [1.29, 1.82) is 10.5 Å². The third kappa shape index (κ3) is 3.34. The Hall–Kier alpha value is -2.35. The first-order valence-corrected chi connectivity index (χ1v) is 9.40. The number of amides is 1. The van der Waals surface area contributed by atoms with Crippen LogP contribution in [-0.2, 0) is 4.79 Å². The van der Waals surface area contributed by atoms with Crippen molar-refractivity contribution < 1.29 is 9.18 Å². The van der Waals surface area contributed by atoms with Crippen LogP contribution in [0, 0.1) is 34.5 Å². The molecule has 140 valence electrons. The number of piperidine rings is 1. The Morgan fingerprint density at radius 3 is 2.67 bits per heavy atom. The minimum Gasteiger partial charge on any atom is -0.370 e. The molecule has 4 rings (SSSR count). The van der Waals surface area contributed by atoms with Gasteiger partial charge in [-0.05, 0) is 30.0 Å². The van der Waals surface area contributed by atoms with Crippen LogP contribution in [0.5, 0.6) is 0 Å². The lowest BCUT2D eigenvalue weighted by molar-refractivity contribution is -0.130. The Morgan fingerprint density at radius 2 is 2.04 bits per heavy atom. The van der Waals surface area contributed by atoms with E-state index in [1.165, 1.54) is 4.90 Å². The standard InChI is InChI=1S/C19H19ClFN5O/c20-16-3-11(5-22)1-2-17(16)25-9-14-15(10-25)19(14)24-7-18(27)26-8-12(21)4-13(26)6-23/h1-3,12-15,19,24H,4,7-10H2. The van der Waals surface area contributed by atoms with Crippen LogP contribution < -0.4 is 10.2 Å². The van der Waals surface area contributed by atoms with Gasteiger partial charge in [-0.3, -0.25) is 4.79 Å². The molecule has 0 spiro atoms. The largest absolute Gasteiger partial charge is 0.370 e. The number of nitriles is 2. The maximum atomic E-state index is 13.5. The van der Waals surface area contributed by atoms with Crippen molar-refractivity contribution in [2.24, 2.45) is 11.8 Å². The van der Waals surface area contributed by atoms with Crippen molar-refractivity contribution in [2.45, 2.75) is 24.7 Å². The molecule has 3 aliphatic rings. The molecule has 0 radical (unpaired) electrons. The van der Waals surface area contributed by atoms with Crippen molar-refractivity contribution in [3.8, 4) is 12.1 Å². The van der Waals surface area contributed by atoms with Gasteiger partial charge >= 0.3 is 0 Å². The molecule has 1 amide bonds. The zero-order valence-corrected chi connectivity index (χ0v) is 15.4. The van der Waals surface area contributed by atoms with Gasteiger partial charge in [0.2, 0.25) is 5.91 Å². The van der Waals surface area contributed by atoms with Gasteiger partial charge in [0.05, 0.1) is 41.5 Å². The van der Waals surface area contributed by atoms with Gasteiger partial charge in [0, 0.05) is 25.6 Å². The molecule has 2 saturated heterocycles. The molecular weight excluding hydrogens is 369 g/mol. The fraction of sp³-hybridized carbons (Fsp3) is 0.526. The first kappa shape index (κ1) is 18.0. The zero-order chi connectivity index (χ0) is 19.1. The summed E-state index contributed by atoms with van der Waals surface area (Å²) < 4.78 is 13.5.